The number of morpholine rings is 2. The molecule has 12 heteroatoms. The Bertz CT molecular complexity index is 1060. The van der Waals surface area contributed by atoms with Gasteiger partial charge in [0.25, 0.3) is 0 Å². The van der Waals surface area contributed by atoms with E-state index in [9.17, 15) is 13.2 Å². The van der Waals surface area contributed by atoms with Crippen LogP contribution >= 0.6 is 0 Å². The fourth-order valence-electron chi connectivity index (χ4n) is 3.63. The van der Waals surface area contributed by atoms with Crippen LogP contribution in [-0.4, -0.2) is 75.9 Å². The minimum atomic E-state index is -2.40. The molecule has 2 fully saturated rings. The van der Waals surface area contributed by atoms with E-state index in [2.05, 4.69) is 19.9 Å². The van der Waals surface area contributed by atoms with Crippen LogP contribution < -0.4 is 9.80 Å². The SMILES string of the molecule is CC1OC(F)C(F)N(c2nc(N3CCOCC3)nc(-n3cnc4ccccc43)n2)C1F. The molecular formula is C19H20F3N7O2. The van der Waals surface area contributed by atoms with Crippen molar-refractivity contribution in [2.45, 2.75) is 32.0 Å². The maximum absolute atomic E-state index is 14.9. The molecule has 1 aromatic carbocycles. The van der Waals surface area contributed by atoms with Crippen LogP contribution in [0.25, 0.3) is 17.0 Å². The zero-order valence-electron chi connectivity index (χ0n) is 16.6. The maximum atomic E-state index is 14.9. The number of para-hydroxylation sites is 2. The number of benzene rings is 1. The van der Waals surface area contributed by atoms with Crippen LogP contribution in [0.4, 0.5) is 25.1 Å². The van der Waals surface area contributed by atoms with E-state index in [1.54, 1.807) is 4.57 Å². The topological polar surface area (TPSA) is 81.4 Å². The number of ether oxygens (including phenoxy) is 2. The average Bonchev–Trinajstić information content (AvgIpc) is 3.23. The second kappa shape index (κ2) is 7.93. The van der Waals surface area contributed by atoms with E-state index in [-0.39, 0.29) is 17.8 Å². The zero-order chi connectivity index (χ0) is 21.5. The van der Waals surface area contributed by atoms with Gasteiger partial charge < -0.3 is 14.4 Å². The van der Waals surface area contributed by atoms with Crippen LogP contribution in [0.2, 0.25) is 0 Å². The molecule has 0 saturated carbocycles. The smallest absolute Gasteiger partial charge is 0.250 e. The Balaban J connectivity index is 1.64. The lowest BCUT2D eigenvalue weighted by Crippen LogP contribution is -2.56. The lowest BCUT2D eigenvalue weighted by molar-refractivity contribution is -0.174. The van der Waals surface area contributed by atoms with Gasteiger partial charge >= 0.3 is 0 Å². The molecule has 3 aromatic rings. The minimum absolute atomic E-state index is 0.120. The minimum Gasteiger partial charge on any atom is -0.378 e. The molecule has 4 unspecified atom stereocenters. The Morgan fingerprint density at radius 2 is 1.65 bits per heavy atom. The molecule has 5 rings (SSSR count). The van der Waals surface area contributed by atoms with Crippen molar-refractivity contribution in [2.24, 2.45) is 0 Å². The lowest BCUT2D eigenvalue weighted by atomic mass is 10.2. The Morgan fingerprint density at radius 3 is 2.45 bits per heavy atom. The van der Waals surface area contributed by atoms with Gasteiger partial charge in [-0.3, -0.25) is 9.47 Å². The number of nitrogens with zero attached hydrogens (tertiary/aromatic N) is 7. The molecule has 0 aliphatic carbocycles. The highest BCUT2D eigenvalue weighted by Crippen LogP contribution is 2.31. The molecule has 0 radical (unpaired) electrons. The summed E-state index contributed by atoms with van der Waals surface area (Å²) in [5.41, 5.74) is 1.41. The maximum Gasteiger partial charge on any atom is 0.250 e. The summed E-state index contributed by atoms with van der Waals surface area (Å²) in [7, 11) is 0. The zero-order valence-corrected chi connectivity index (χ0v) is 16.6. The van der Waals surface area contributed by atoms with Crippen LogP contribution in [0, 0.1) is 0 Å². The number of hydrogen-bond acceptors (Lipinski definition) is 8. The predicted molar refractivity (Wildman–Crippen MR) is 105 cm³/mol. The number of imidazole rings is 1. The van der Waals surface area contributed by atoms with Gasteiger partial charge in [0.05, 0.1) is 24.2 Å². The van der Waals surface area contributed by atoms with Gasteiger partial charge in [0, 0.05) is 13.1 Å². The summed E-state index contributed by atoms with van der Waals surface area (Å²) in [4.78, 5) is 19.8. The molecule has 4 atom stereocenters. The fourth-order valence-corrected chi connectivity index (χ4v) is 3.63. The van der Waals surface area contributed by atoms with Gasteiger partial charge in [0.15, 0.2) is 0 Å². The Kier molecular flexibility index (Phi) is 5.10. The van der Waals surface area contributed by atoms with Crippen molar-refractivity contribution in [1.82, 2.24) is 24.5 Å². The van der Waals surface area contributed by atoms with E-state index in [1.807, 2.05) is 29.2 Å². The quantitative estimate of drug-likeness (QED) is 0.579. The largest absolute Gasteiger partial charge is 0.378 e. The standard InChI is InChI=1S/C19H20F3N7O2/c1-11-14(20)29(15(21)16(22)31-11)19-25-17(27-6-8-30-9-7-27)24-18(26-19)28-10-23-12-4-2-3-5-13(12)28/h2-5,10-11,14-16H,6-9H2,1H3. The van der Waals surface area contributed by atoms with E-state index >= 15 is 0 Å². The molecule has 0 amide bonds. The van der Waals surface area contributed by atoms with Gasteiger partial charge in [-0.05, 0) is 19.1 Å². The molecule has 2 saturated heterocycles. The van der Waals surface area contributed by atoms with E-state index in [1.165, 1.54) is 13.3 Å². The van der Waals surface area contributed by atoms with Crippen molar-refractivity contribution in [3.05, 3.63) is 30.6 Å². The number of alkyl halides is 3. The monoisotopic (exact) mass is 435 g/mol. The van der Waals surface area contributed by atoms with Gasteiger partial charge in [-0.2, -0.15) is 15.0 Å². The molecular weight excluding hydrogens is 415 g/mol. The van der Waals surface area contributed by atoms with Crippen molar-refractivity contribution >= 4 is 22.9 Å². The lowest BCUT2D eigenvalue weighted by Gasteiger charge is -2.39. The highest BCUT2D eigenvalue weighted by molar-refractivity contribution is 5.76. The van der Waals surface area contributed by atoms with E-state index in [4.69, 9.17) is 9.47 Å². The van der Waals surface area contributed by atoms with Crippen LogP contribution in [-0.2, 0) is 9.47 Å². The summed E-state index contributed by atoms with van der Waals surface area (Å²) in [6.45, 7) is 3.24. The van der Waals surface area contributed by atoms with Gasteiger partial charge in [-0.25, -0.2) is 18.2 Å². The fraction of sp³-hybridized carbons (Fsp3) is 0.474. The van der Waals surface area contributed by atoms with Crippen molar-refractivity contribution in [2.75, 3.05) is 36.1 Å². The van der Waals surface area contributed by atoms with E-state index in [0.29, 0.717) is 42.2 Å². The summed E-state index contributed by atoms with van der Waals surface area (Å²) in [6, 6.07) is 7.32. The number of halogens is 3. The Hall–Kier alpha value is -2.99. The number of fused-ring (bicyclic) bond motifs is 1. The summed E-state index contributed by atoms with van der Waals surface area (Å²) in [5, 5.41) is 0. The van der Waals surface area contributed by atoms with Gasteiger partial charge in [0.1, 0.15) is 12.4 Å². The third-order valence-corrected chi connectivity index (χ3v) is 5.27. The van der Waals surface area contributed by atoms with E-state index in [0.717, 1.165) is 0 Å². The molecule has 0 N–H and O–H groups in total. The van der Waals surface area contributed by atoms with Crippen molar-refractivity contribution < 1.29 is 22.6 Å². The average molecular weight is 435 g/mol. The molecule has 164 valence electrons. The summed E-state index contributed by atoms with van der Waals surface area (Å²) >= 11 is 0. The second-order valence-corrected chi connectivity index (χ2v) is 7.28. The summed E-state index contributed by atoms with van der Waals surface area (Å²) < 4.78 is 55.3. The first-order valence-electron chi connectivity index (χ1n) is 9.90. The molecule has 4 heterocycles. The van der Waals surface area contributed by atoms with Gasteiger partial charge in [-0.15, -0.1) is 0 Å². The second-order valence-electron chi connectivity index (χ2n) is 7.28. The number of hydrogen-bond donors (Lipinski definition) is 0. The van der Waals surface area contributed by atoms with E-state index < -0.39 is 25.1 Å². The first-order chi connectivity index (χ1) is 15.0. The van der Waals surface area contributed by atoms with Gasteiger partial charge in [-0.1, -0.05) is 12.1 Å². The molecule has 31 heavy (non-hydrogen) atoms. The number of anilines is 2. The number of rotatable bonds is 3. The van der Waals surface area contributed by atoms with Crippen LogP contribution in [0.1, 0.15) is 6.92 Å². The molecule has 9 nitrogen and oxygen atoms in total. The first-order valence-corrected chi connectivity index (χ1v) is 9.90. The van der Waals surface area contributed by atoms with Crippen LogP contribution in [0.5, 0.6) is 0 Å². The molecule has 0 spiro atoms. The molecule has 2 aliphatic heterocycles. The molecule has 2 aliphatic rings. The Labute approximate surface area is 175 Å². The number of aromatic nitrogens is 5. The molecule has 0 bridgehead atoms. The highest BCUT2D eigenvalue weighted by Gasteiger charge is 2.45. The third kappa shape index (κ3) is 3.55. The third-order valence-electron chi connectivity index (χ3n) is 5.27. The summed E-state index contributed by atoms with van der Waals surface area (Å²) in [6.07, 6.45) is -6.40. The highest BCUT2D eigenvalue weighted by atomic mass is 19.2. The van der Waals surface area contributed by atoms with Crippen molar-refractivity contribution in [3.8, 4) is 5.95 Å². The summed E-state index contributed by atoms with van der Waals surface area (Å²) in [5.74, 6) is 0.0197. The predicted octanol–water partition coefficient (Wildman–Crippen LogP) is 2.16. The van der Waals surface area contributed by atoms with Crippen molar-refractivity contribution in [3.63, 3.8) is 0 Å². The molecule has 2 aromatic heterocycles. The van der Waals surface area contributed by atoms with Gasteiger partial charge in [0.2, 0.25) is 36.8 Å². The Morgan fingerprint density at radius 1 is 0.935 bits per heavy atom. The normalized spacial score (nSPS) is 27.1. The van der Waals surface area contributed by atoms with Crippen LogP contribution in [0.3, 0.4) is 0 Å². The first kappa shape index (κ1) is 19.9. The van der Waals surface area contributed by atoms with Crippen LogP contribution in [0.15, 0.2) is 30.6 Å². The van der Waals surface area contributed by atoms with Crippen molar-refractivity contribution in [1.29, 1.82) is 0 Å².